The van der Waals surface area contributed by atoms with Crippen molar-refractivity contribution in [2.45, 2.75) is 71.0 Å². The number of carbonyl (C=O) groups is 3. The van der Waals surface area contributed by atoms with Gasteiger partial charge in [-0.2, -0.15) is 0 Å². The van der Waals surface area contributed by atoms with E-state index in [1.54, 1.807) is 19.1 Å². The topological polar surface area (TPSA) is 101 Å². The zero-order chi connectivity index (χ0) is 21.9. The first-order chi connectivity index (χ1) is 14.1. The van der Waals surface area contributed by atoms with Crippen molar-refractivity contribution in [1.29, 1.82) is 0 Å². The second-order valence-corrected chi connectivity index (χ2v) is 10.0. The molecule has 7 atom stereocenters. The summed E-state index contributed by atoms with van der Waals surface area (Å²) in [6.45, 7) is 5.25. The van der Waals surface area contributed by atoms with Crippen LogP contribution < -0.4 is 0 Å². The van der Waals surface area contributed by atoms with Crippen molar-refractivity contribution in [3.63, 3.8) is 0 Å². The number of ketones is 2. The molecule has 0 aromatic rings. The van der Waals surface area contributed by atoms with Crippen LogP contribution >= 0.6 is 0 Å². The van der Waals surface area contributed by atoms with Crippen molar-refractivity contribution in [2.75, 3.05) is 6.61 Å². The fraction of sp³-hybridized carbons (Fsp3) is 0.708. The molecule has 0 aromatic heterocycles. The van der Waals surface area contributed by atoms with E-state index in [4.69, 9.17) is 4.74 Å². The number of aliphatic hydroxyl groups excluding tert-OH is 1. The van der Waals surface area contributed by atoms with Crippen molar-refractivity contribution in [3.05, 3.63) is 23.8 Å². The number of allylic oxidation sites excluding steroid dienone is 4. The number of fused-ring (bicyclic) bond motifs is 5. The third kappa shape index (κ3) is 2.87. The molecular weight excluding hydrogens is 384 g/mol. The molecule has 0 unspecified atom stereocenters. The summed E-state index contributed by atoms with van der Waals surface area (Å²) in [7, 11) is 0. The van der Waals surface area contributed by atoms with E-state index in [0.717, 1.165) is 18.4 Å². The molecule has 6 nitrogen and oxygen atoms in total. The van der Waals surface area contributed by atoms with Crippen molar-refractivity contribution in [1.82, 2.24) is 0 Å². The number of Topliss-reactive ketones (excluding diaryl/α,β-unsaturated/α-hetero) is 1. The third-order valence-electron chi connectivity index (χ3n) is 8.76. The first-order valence-corrected chi connectivity index (χ1v) is 11.1. The summed E-state index contributed by atoms with van der Waals surface area (Å²) < 4.78 is 5.03. The molecule has 4 aliphatic carbocycles. The van der Waals surface area contributed by atoms with E-state index < -0.39 is 35.5 Å². The third-order valence-corrected chi connectivity index (χ3v) is 8.76. The Morgan fingerprint density at radius 3 is 2.70 bits per heavy atom. The molecule has 0 saturated heterocycles. The van der Waals surface area contributed by atoms with Gasteiger partial charge in [-0.1, -0.05) is 32.4 Å². The Kier molecular flexibility index (Phi) is 5.09. The predicted molar refractivity (Wildman–Crippen MR) is 109 cm³/mol. The minimum absolute atomic E-state index is 0.00136. The van der Waals surface area contributed by atoms with Crippen molar-refractivity contribution in [3.8, 4) is 0 Å². The van der Waals surface area contributed by atoms with Gasteiger partial charge in [-0.25, -0.2) is 0 Å². The smallest absolute Gasteiger partial charge is 0.305 e. The number of carbonyl (C=O) groups excluding carboxylic acids is 3. The van der Waals surface area contributed by atoms with Gasteiger partial charge in [0.1, 0.15) is 5.60 Å². The standard InChI is InChI=1S/C24H32O6/c1-4-20(28)30-13-19(27)24(29)10-8-17-16-6-5-14-11-15(25)7-9-22(14,2)21(16)18(26)12-23(17,24)3/h7,9,11,16-18,21,26,29H,4-6,8,10,12-13H2,1-3H3/t16-,17+,18-,21+,22-,23-,24-/m0/s1. The van der Waals surface area contributed by atoms with Gasteiger partial charge < -0.3 is 14.9 Å². The van der Waals surface area contributed by atoms with Crippen molar-refractivity contribution < 1.29 is 29.3 Å². The highest BCUT2D eigenvalue weighted by Crippen LogP contribution is 2.67. The largest absolute Gasteiger partial charge is 0.458 e. The lowest BCUT2D eigenvalue weighted by Gasteiger charge is -2.59. The normalized spacial score (nSPS) is 44.6. The van der Waals surface area contributed by atoms with Gasteiger partial charge in [-0.15, -0.1) is 0 Å². The SMILES string of the molecule is CCC(=O)OCC(=O)[C@@]1(O)CC[C@@H]2[C@@H]3CCC4=CC(=O)C=C[C@]4(C)[C@H]3[C@@H](O)C[C@@]21C. The molecule has 0 heterocycles. The minimum Gasteiger partial charge on any atom is -0.458 e. The second-order valence-electron chi connectivity index (χ2n) is 10.0. The zero-order valence-electron chi connectivity index (χ0n) is 18.0. The Hall–Kier alpha value is -1.79. The lowest BCUT2D eigenvalue weighted by Crippen LogP contribution is -2.61. The number of ether oxygens (including phenoxy) is 1. The molecule has 0 aliphatic heterocycles. The number of esters is 1. The highest BCUT2D eigenvalue weighted by molar-refractivity contribution is 6.01. The average Bonchev–Trinajstić information content (AvgIpc) is 2.97. The van der Waals surface area contributed by atoms with Gasteiger partial charge in [-0.05, 0) is 56.1 Å². The Labute approximate surface area is 177 Å². The summed E-state index contributed by atoms with van der Waals surface area (Å²) >= 11 is 0. The van der Waals surface area contributed by atoms with E-state index >= 15 is 0 Å². The molecule has 0 aromatic carbocycles. The number of aliphatic hydroxyl groups is 2. The first kappa shape index (κ1) is 21.4. The lowest BCUT2D eigenvalue weighted by atomic mass is 9.46. The molecular formula is C24H32O6. The molecule has 3 saturated carbocycles. The molecule has 0 amide bonds. The van der Waals surface area contributed by atoms with E-state index in [2.05, 4.69) is 6.92 Å². The quantitative estimate of drug-likeness (QED) is 0.683. The molecule has 6 heteroatoms. The van der Waals surface area contributed by atoms with Crippen LogP contribution in [0.25, 0.3) is 0 Å². The molecule has 0 radical (unpaired) electrons. The van der Waals surface area contributed by atoms with Crippen LogP contribution in [0.2, 0.25) is 0 Å². The van der Waals surface area contributed by atoms with Gasteiger partial charge in [0.15, 0.2) is 12.4 Å². The number of rotatable bonds is 4. The average molecular weight is 417 g/mol. The second kappa shape index (κ2) is 7.13. The predicted octanol–water partition coefficient (Wildman–Crippen LogP) is 2.52. The van der Waals surface area contributed by atoms with Gasteiger partial charge >= 0.3 is 5.97 Å². The van der Waals surface area contributed by atoms with E-state index in [-0.39, 0.29) is 35.4 Å². The molecule has 4 aliphatic rings. The van der Waals surface area contributed by atoms with Gasteiger partial charge in [0.05, 0.1) is 6.10 Å². The van der Waals surface area contributed by atoms with Gasteiger partial charge in [0.25, 0.3) is 0 Å². The van der Waals surface area contributed by atoms with Gasteiger partial charge in [-0.3, -0.25) is 14.4 Å². The Bertz CT molecular complexity index is 843. The molecule has 3 fully saturated rings. The van der Waals surface area contributed by atoms with Crippen LogP contribution in [0, 0.1) is 28.6 Å². The molecule has 0 spiro atoms. The van der Waals surface area contributed by atoms with E-state index in [1.807, 2.05) is 13.0 Å². The van der Waals surface area contributed by atoms with Crippen LogP contribution in [0.4, 0.5) is 0 Å². The van der Waals surface area contributed by atoms with E-state index in [0.29, 0.717) is 19.3 Å². The maximum atomic E-state index is 13.0. The maximum Gasteiger partial charge on any atom is 0.305 e. The minimum atomic E-state index is -1.60. The molecule has 2 N–H and O–H groups in total. The van der Waals surface area contributed by atoms with Crippen LogP contribution in [0.3, 0.4) is 0 Å². The number of hydrogen-bond donors (Lipinski definition) is 2. The first-order valence-electron chi connectivity index (χ1n) is 11.1. The van der Waals surface area contributed by atoms with E-state index in [1.165, 1.54) is 0 Å². The van der Waals surface area contributed by atoms with Crippen LogP contribution in [-0.2, 0) is 19.1 Å². The summed E-state index contributed by atoms with van der Waals surface area (Å²) in [5, 5.41) is 22.8. The van der Waals surface area contributed by atoms with Crippen LogP contribution in [0.5, 0.6) is 0 Å². The summed E-state index contributed by atoms with van der Waals surface area (Å²) in [5.41, 5.74) is -1.67. The van der Waals surface area contributed by atoms with Crippen LogP contribution in [0.15, 0.2) is 23.8 Å². The summed E-state index contributed by atoms with van der Waals surface area (Å²) in [6, 6.07) is 0. The summed E-state index contributed by atoms with van der Waals surface area (Å²) in [6.07, 6.45) is 7.70. The molecule has 30 heavy (non-hydrogen) atoms. The van der Waals surface area contributed by atoms with Crippen molar-refractivity contribution >= 4 is 17.5 Å². The Balaban J connectivity index is 1.63. The van der Waals surface area contributed by atoms with Crippen molar-refractivity contribution in [2.24, 2.45) is 28.6 Å². The fourth-order valence-electron chi connectivity index (χ4n) is 7.16. The van der Waals surface area contributed by atoms with E-state index in [9.17, 15) is 24.6 Å². The molecule has 164 valence electrons. The van der Waals surface area contributed by atoms with Crippen LogP contribution in [0.1, 0.15) is 59.3 Å². The molecule has 4 rings (SSSR count). The molecule has 0 bridgehead atoms. The van der Waals surface area contributed by atoms with Crippen LogP contribution in [-0.4, -0.2) is 46.1 Å². The summed E-state index contributed by atoms with van der Waals surface area (Å²) in [5.74, 6) is -0.738. The Morgan fingerprint density at radius 2 is 2.00 bits per heavy atom. The highest BCUT2D eigenvalue weighted by Gasteiger charge is 2.68. The maximum absolute atomic E-state index is 13.0. The monoisotopic (exact) mass is 416 g/mol. The lowest BCUT2D eigenvalue weighted by molar-refractivity contribution is -0.181. The van der Waals surface area contributed by atoms with Gasteiger partial charge in [0.2, 0.25) is 5.78 Å². The van der Waals surface area contributed by atoms with Gasteiger partial charge in [0, 0.05) is 23.2 Å². The Morgan fingerprint density at radius 1 is 1.27 bits per heavy atom. The highest BCUT2D eigenvalue weighted by atomic mass is 16.5. The zero-order valence-corrected chi connectivity index (χ0v) is 18.0. The fourth-order valence-corrected chi connectivity index (χ4v) is 7.16. The summed E-state index contributed by atoms with van der Waals surface area (Å²) in [4.78, 5) is 36.4. The number of hydrogen-bond acceptors (Lipinski definition) is 6.